The highest BCUT2D eigenvalue weighted by Gasteiger charge is 2.56. The monoisotopic (exact) mass is 750 g/mol. The SMILES string of the molecule is CCCCCCC[C@@H](O)OC[C@H](COP(=O)(O)OC1[C@H](O)[C@H](OP(=O)(O)O)C(O)[C@H](OP(=O)(O)O)[C@H]1O)O[C@H](O)CCCCCCC. The zero-order valence-corrected chi connectivity index (χ0v) is 29.3. The third-order valence-electron chi connectivity index (χ3n) is 7.15. The highest BCUT2D eigenvalue weighted by atomic mass is 31.2. The van der Waals surface area contributed by atoms with Crippen molar-refractivity contribution in [2.45, 2.75) is 146 Å². The van der Waals surface area contributed by atoms with Gasteiger partial charge in [0.25, 0.3) is 0 Å². The predicted octanol–water partition coefficient (Wildman–Crippen LogP) is 1.30. The Hall–Kier alpha value is 0.0500. The van der Waals surface area contributed by atoms with Crippen molar-refractivity contribution in [3.63, 3.8) is 0 Å². The smallest absolute Gasteiger partial charge is 0.387 e. The maximum Gasteiger partial charge on any atom is 0.472 e. The lowest BCUT2D eigenvalue weighted by atomic mass is 9.85. The molecule has 1 aliphatic carbocycles. The van der Waals surface area contributed by atoms with Crippen LogP contribution < -0.4 is 0 Å². The molecular weight excluding hydrogens is 697 g/mol. The Balaban J connectivity index is 3.00. The second-order valence-electron chi connectivity index (χ2n) is 11.3. The number of rotatable bonds is 26. The highest BCUT2D eigenvalue weighted by Crippen LogP contribution is 2.51. The number of phosphoric ester groups is 3. The minimum Gasteiger partial charge on any atom is -0.387 e. The molecule has 1 saturated carbocycles. The molecule has 0 aromatic carbocycles. The van der Waals surface area contributed by atoms with E-state index < -0.39 is 92.0 Å². The summed E-state index contributed by atoms with van der Waals surface area (Å²) in [5, 5.41) is 52.0. The molecular formula is C25H53O19P3. The van der Waals surface area contributed by atoms with Crippen molar-refractivity contribution in [1.82, 2.24) is 0 Å². The molecule has 47 heavy (non-hydrogen) atoms. The van der Waals surface area contributed by atoms with Gasteiger partial charge in [-0.2, -0.15) is 0 Å². The molecule has 0 spiro atoms. The Morgan fingerprint density at radius 3 is 1.40 bits per heavy atom. The van der Waals surface area contributed by atoms with Crippen molar-refractivity contribution in [3.8, 4) is 0 Å². The Kier molecular flexibility index (Phi) is 21.2. The maximum absolute atomic E-state index is 12.9. The minimum absolute atomic E-state index is 0.207. The number of hydrogen-bond acceptors (Lipinski definition) is 14. The Morgan fingerprint density at radius 1 is 0.574 bits per heavy atom. The van der Waals surface area contributed by atoms with Crippen LogP contribution in [0.4, 0.5) is 0 Å². The summed E-state index contributed by atoms with van der Waals surface area (Å²) in [4.78, 5) is 47.1. The van der Waals surface area contributed by atoms with Gasteiger partial charge in [0, 0.05) is 0 Å². The van der Waals surface area contributed by atoms with E-state index >= 15 is 0 Å². The van der Waals surface area contributed by atoms with E-state index in [1.165, 1.54) is 0 Å². The van der Waals surface area contributed by atoms with Gasteiger partial charge in [-0.25, -0.2) is 13.7 Å². The van der Waals surface area contributed by atoms with Crippen molar-refractivity contribution in [2.75, 3.05) is 13.2 Å². The van der Waals surface area contributed by atoms with Gasteiger partial charge in [-0.3, -0.25) is 18.1 Å². The molecule has 1 aliphatic rings. The van der Waals surface area contributed by atoms with E-state index in [4.69, 9.17) is 38.1 Å². The van der Waals surface area contributed by atoms with Crippen LogP contribution in [0.25, 0.3) is 0 Å². The molecule has 1 fully saturated rings. The normalized spacial score (nSPS) is 27.3. The quantitative estimate of drug-likeness (QED) is 0.0338. The van der Waals surface area contributed by atoms with Gasteiger partial charge in [0.15, 0.2) is 12.6 Å². The Labute approximate surface area is 274 Å². The topological polar surface area (TPSA) is 309 Å². The van der Waals surface area contributed by atoms with Crippen LogP contribution in [-0.4, -0.2) is 119 Å². The summed E-state index contributed by atoms with van der Waals surface area (Å²) in [6, 6.07) is 0. The average Bonchev–Trinajstić information content (AvgIpc) is 2.96. The highest BCUT2D eigenvalue weighted by molar-refractivity contribution is 7.47. The van der Waals surface area contributed by atoms with E-state index in [1.807, 2.05) is 6.92 Å². The molecule has 19 nitrogen and oxygen atoms in total. The van der Waals surface area contributed by atoms with E-state index in [0.29, 0.717) is 12.8 Å². The second-order valence-corrected chi connectivity index (χ2v) is 15.1. The first-order valence-electron chi connectivity index (χ1n) is 15.6. The summed E-state index contributed by atoms with van der Waals surface area (Å²) >= 11 is 0. The van der Waals surface area contributed by atoms with Crippen molar-refractivity contribution >= 4 is 23.5 Å². The first kappa shape index (κ1) is 45.1. The van der Waals surface area contributed by atoms with Crippen LogP contribution in [0.1, 0.15) is 90.9 Å². The number of aliphatic hydroxyl groups is 5. The number of hydrogen-bond donors (Lipinski definition) is 10. The van der Waals surface area contributed by atoms with E-state index in [9.17, 15) is 44.1 Å². The van der Waals surface area contributed by atoms with Crippen molar-refractivity contribution < 1.29 is 91.3 Å². The van der Waals surface area contributed by atoms with Crippen molar-refractivity contribution in [3.05, 3.63) is 0 Å². The standard InChI is InChI=1S/C25H53O19P3/c1-3-5-7-9-11-13-18(26)39-15-17(41-19(27)14-12-10-8-6-4-2)16-40-47(37,38)44-25-21(29)23(42-45(31,32)33)20(28)24(22(25)30)43-46(34,35)36/h17-30H,3-16H2,1-2H3,(H,37,38)(H2,31,32,33)(H2,34,35,36)/t17-,18+,19+,20?,21-,22-,23-,24+,25?/m1/s1. The summed E-state index contributed by atoms with van der Waals surface area (Å²) in [5.74, 6) is 0. The van der Waals surface area contributed by atoms with Gasteiger partial charge >= 0.3 is 23.5 Å². The summed E-state index contributed by atoms with van der Waals surface area (Å²) in [6.07, 6.45) is -9.06. The second kappa shape index (κ2) is 22.1. The molecule has 0 heterocycles. The first-order chi connectivity index (χ1) is 21.8. The molecule has 22 heteroatoms. The molecule has 0 aliphatic heterocycles. The van der Waals surface area contributed by atoms with Gasteiger partial charge in [-0.1, -0.05) is 65.2 Å². The molecule has 10 atom stereocenters. The zero-order chi connectivity index (χ0) is 35.8. The number of aliphatic hydroxyl groups excluding tert-OH is 5. The third-order valence-corrected chi connectivity index (χ3v) is 9.17. The van der Waals surface area contributed by atoms with E-state index in [2.05, 4.69) is 16.0 Å². The zero-order valence-electron chi connectivity index (χ0n) is 26.6. The molecule has 10 N–H and O–H groups in total. The lowest BCUT2D eigenvalue weighted by Crippen LogP contribution is -2.65. The van der Waals surface area contributed by atoms with Gasteiger partial charge < -0.3 is 59.5 Å². The molecule has 282 valence electrons. The number of unbranched alkanes of at least 4 members (excludes halogenated alkanes) is 8. The summed E-state index contributed by atoms with van der Waals surface area (Å²) in [7, 11) is -16.4. The van der Waals surface area contributed by atoms with Crippen molar-refractivity contribution in [2.24, 2.45) is 0 Å². The number of phosphoric acid groups is 3. The molecule has 0 amide bonds. The molecule has 1 rings (SSSR count). The summed E-state index contributed by atoms with van der Waals surface area (Å²) in [6.45, 7) is 2.87. The fraction of sp³-hybridized carbons (Fsp3) is 1.00. The lowest BCUT2D eigenvalue weighted by molar-refractivity contribution is -0.214. The number of ether oxygens (including phenoxy) is 2. The van der Waals surface area contributed by atoms with Gasteiger partial charge in [0.05, 0.1) is 13.2 Å². The molecule has 3 unspecified atom stereocenters. The van der Waals surface area contributed by atoms with Crippen LogP contribution in [0.2, 0.25) is 0 Å². The van der Waals surface area contributed by atoms with Crippen LogP contribution in [0.3, 0.4) is 0 Å². The first-order valence-corrected chi connectivity index (χ1v) is 20.2. The van der Waals surface area contributed by atoms with Gasteiger partial charge in [0.2, 0.25) is 0 Å². The lowest BCUT2D eigenvalue weighted by Gasteiger charge is -2.44. The molecule has 0 aromatic rings. The van der Waals surface area contributed by atoms with Crippen LogP contribution in [0, 0.1) is 0 Å². The average molecular weight is 751 g/mol. The predicted molar refractivity (Wildman–Crippen MR) is 162 cm³/mol. The molecule has 0 bridgehead atoms. The van der Waals surface area contributed by atoms with Crippen LogP contribution >= 0.6 is 23.5 Å². The largest absolute Gasteiger partial charge is 0.472 e. The van der Waals surface area contributed by atoms with Crippen LogP contribution in [0.5, 0.6) is 0 Å². The van der Waals surface area contributed by atoms with Gasteiger partial charge in [0.1, 0.15) is 42.7 Å². The summed E-state index contributed by atoms with van der Waals surface area (Å²) < 4.78 is 64.9. The molecule has 0 saturated heterocycles. The van der Waals surface area contributed by atoms with Gasteiger partial charge in [-0.15, -0.1) is 0 Å². The van der Waals surface area contributed by atoms with E-state index in [1.54, 1.807) is 0 Å². The Morgan fingerprint density at radius 2 is 0.979 bits per heavy atom. The summed E-state index contributed by atoms with van der Waals surface area (Å²) in [5.41, 5.74) is 0. The maximum atomic E-state index is 12.9. The Bertz CT molecular complexity index is 957. The molecule has 0 aromatic heterocycles. The van der Waals surface area contributed by atoms with Crippen LogP contribution in [-0.2, 0) is 41.3 Å². The van der Waals surface area contributed by atoms with Crippen molar-refractivity contribution in [1.29, 1.82) is 0 Å². The third kappa shape index (κ3) is 19.3. The van der Waals surface area contributed by atoms with E-state index in [-0.39, 0.29) is 12.8 Å². The fourth-order valence-corrected chi connectivity index (χ4v) is 6.89. The fourth-order valence-electron chi connectivity index (χ4n) is 4.78. The van der Waals surface area contributed by atoms with Gasteiger partial charge in [-0.05, 0) is 25.7 Å². The van der Waals surface area contributed by atoms with E-state index in [0.717, 1.165) is 51.4 Å². The molecule has 0 radical (unpaired) electrons. The minimum atomic E-state index is -5.51. The van der Waals surface area contributed by atoms with Crippen LogP contribution in [0.15, 0.2) is 0 Å².